The van der Waals surface area contributed by atoms with Gasteiger partial charge in [0.2, 0.25) is 0 Å². The van der Waals surface area contributed by atoms with Gasteiger partial charge in [0.25, 0.3) is 0 Å². The van der Waals surface area contributed by atoms with Crippen molar-refractivity contribution in [3.63, 3.8) is 0 Å². The van der Waals surface area contributed by atoms with Crippen molar-refractivity contribution in [3.8, 4) is 17.2 Å². The Kier molecular flexibility index (Phi) is 17.8. The third kappa shape index (κ3) is 11.9. The lowest BCUT2D eigenvalue weighted by Gasteiger charge is -2.04. The SMILES string of the molecule is C.C.C.FP.Fc1ccc(Oc2ccc(F)cc2)cc1.Oc1ccc(F)cc1. The van der Waals surface area contributed by atoms with E-state index in [-0.39, 0.29) is 45.5 Å². The maximum atomic E-state index is 12.6. The molecule has 0 heterocycles. The van der Waals surface area contributed by atoms with Gasteiger partial charge in [0.15, 0.2) is 0 Å². The van der Waals surface area contributed by atoms with Crippen molar-refractivity contribution in [1.82, 2.24) is 0 Å². The van der Waals surface area contributed by atoms with Crippen LogP contribution < -0.4 is 4.74 Å². The Labute approximate surface area is 167 Å². The Balaban J connectivity index is -0.000000417. The fraction of sp³-hybridized carbons (Fsp3) is 0.143. The van der Waals surface area contributed by atoms with Crippen LogP contribution in [0, 0.1) is 17.5 Å². The standard InChI is InChI=1S/C12H8F2O.C6H5FO.3CH4.FH2P/c13-9-1-5-11(6-2-9)15-12-7-3-10(14)4-8-12;7-5-1-3-6(8)4-2-5;;;;1-2/h1-8H;1-4,8H;3*1H4;2H2. The molecule has 0 bridgehead atoms. The molecule has 3 aromatic rings. The quantitative estimate of drug-likeness (QED) is 0.338. The average Bonchev–Trinajstić information content (AvgIpc) is 2.64. The van der Waals surface area contributed by atoms with Gasteiger partial charge >= 0.3 is 0 Å². The summed E-state index contributed by atoms with van der Waals surface area (Å²) in [5.41, 5.74) is 0. The minimum Gasteiger partial charge on any atom is -0.508 e. The summed E-state index contributed by atoms with van der Waals surface area (Å²) in [6.45, 7) is 0. The molecule has 2 nitrogen and oxygen atoms in total. The number of hydrogen-bond donors (Lipinski definition) is 1. The summed E-state index contributed by atoms with van der Waals surface area (Å²) in [5, 5.41) is 8.59. The minimum atomic E-state index is -0.331. The minimum absolute atomic E-state index is 0. The Morgan fingerprint density at radius 2 is 0.786 bits per heavy atom. The molecule has 0 saturated heterocycles. The average molecular weight is 418 g/mol. The first-order valence-corrected chi connectivity index (χ1v) is 7.32. The summed E-state index contributed by atoms with van der Waals surface area (Å²) in [5.74, 6) is 0.156. The molecule has 28 heavy (non-hydrogen) atoms. The van der Waals surface area contributed by atoms with Gasteiger partial charge in [0.1, 0.15) is 34.7 Å². The van der Waals surface area contributed by atoms with Crippen molar-refractivity contribution >= 4 is 9.55 Å². The highest BCUT2D eigenvalue weighted by Crippen LogP contribution is 2.21. The van der Waals surface area contributed by atoms with Crippen LogP contribution in [0.15, 0.2) is 72.8 Å². The van der Waals surface area contributed by atoms with Gasteiger partial charge in [-0.05, 0) is 72.8 Å². The second-order valence-electron chi connectivity index (χ2n) is 4.49. The van der Waals surface area contributed by atoms with Crippen molar-refractivity contribution in [2.24, 2.45) is 0 Å². The number of hydrogen-bond acceptors (Lipinski definition) is 2. The molecule has 0 saturated carbocycles. The van der Waals surface area contributed by atoms with Crippen LogP contribution in [-0.4, -0.2) is 5.11 Å². The van der Waals surface area contributed by atoms with Crippen LogP contribution in [-0.2, 0) is 0 Å². The normalized spacial score (nSPS) is 8.18. The predicted octanol–water partition coefficient (Wildman–Crippen LogP) is 7.94. The summed E-state index contributed by atoms with van der Waals surface area (Å²) < 4.78 is 51.9. The van der Waals surface area contributed by atoms with Crippen molar-refractivity contribution in [3.05, 3.63) is 90.2 Å². The molecule has 0 aliphatic rings. The molecule has 156 valence electrons. The highest BCUT2D eigenvalue weighted by Gasteiger charge is 1.97. The van der Waals surface area contributed by atoms with Crippen molar-refractivity contribution in [2.45, 2.75) is 22.3 Å². The number of benzene rings is 3. The lowest BCUT2D eigenvalue weighted by Crippen LogP contribution is -1.84. The maximum Gasteiger partial charge on any atom is 0.127 e. The third-order valence-electron chi connectivity index (χ3n) is 2.69. The number of halogens is 4. The van der Waals surface area contributed by atoms with Crippen molar-refractivity contribution in [2.75, 3.05) is 0 Å². The van der Waals surface area contributed by atoms with Crippen LogP contribution in [0.4, 0.5) is 17.4 Å². The zero-order valence-corrected chi connectivity index (χ0v) is 14.0. The molecular weight excluding hydrogens is 391 g/mol. The molecule has 3 rings (SSSR count). The van der Waals surface area contributed by atoms with Gasteiger partial charge in [-0.2, -0.15) is 0 Å². The maximum absolute atomic E-state index is 12.6. The number of aromatic hydroxyl groups is 1. The van der Waals surface area contributed by atoms with Gasteiger partial charge in [-0.25, -0.2) is 17.4 Å². The number of ether oxygens (including phenoxy) is 1. The zero-order valence-electron chi connectivity index (χ0n) is 12.9. The van der Waals surface area contributed by atoms with E-state index in [0.717, 1.165) is 9.55 Å². The number of rotatable bonds is 2. The molecular formula is C21H27F4O2P. The topological polar surface area (TPSA) is 29.5 Å². The lowest BCUT2D eigenvalue weighted by atomic mass is 10.3. The van der Waals surface area contributed by atoms with E-state index in [1.54, 1.807) is 0 Å². The lowest BCUT2D eigenvalue weighted by molar-refractivity contribution is 0.473. The molecule has 0 fully saturated rings. The Hall–Kier alpha value is -2.59. The fourth-order valence-electron chi connectivity index (χ4n) is 1.58. The highest BCUT2D eigenvalue weighted by atomic mass is 31.1. The Morgan fingerprint density at radius 3 is 1.04 bits per heavy atom. The van der Waals surface area contributed by atoms with Crippen LogP contribution in [0.2, 0.25) is 0 Å². The van der Waals surface area contributed by atoms with E-state index in [1.807, 2.05) is 0 Å². The molecule has 3 aromatic carbocycles. The highest BCUT2D eigenvalue weighted by molar-refractivity contribution is 7.09. The van der Waals surface area contributed by atoms with E-state index >= 15 is 0 Å². The molecule has 1 N–H and O–H groups in total. The van der Waals surface area contributed by atoms with Gasteiger partial charge in [-0.3, -0.25) is 0 Å². The van der Waals surface area contributed by atoms with Crippen LogP contribution in [0.1, 0.15) is 22.3 Å². The van der Waals surface area contributed by atoms with E-state index in [2.05, 4.69) is 0 Å². The summed E-state index contributed by atoms with van der Waals surface area (Å²) in [6.07, 6.45) is 0. The Morgan fingerprint density at radius 1 is 0.536 bits per heavy atom. The van der Waals surface area contributed by atoms with Crippen LogP contribution in [0.5, 0.6) is 17.2 Å². The zero-order chi connectivity index (χ0) is 18.7. The van der Waals surface area contributed by atoms with Crippen LogP contribution in [0.25, 0.3) is 0 Å². The smallest absolute Gasteiger partial charge is 0.127 e. The fourth-order valence-corrected chi connectivity index (χ4v) is 1.58. The van der Waals surface area contributed by atoms with E-state index in [4.69, 9.17) is 9.84 Å². The molecule has 7 heteroatoms. The van der Waals surface area contributed by atoms with Gasteiger partial charge < -0.3 is 9.84 Å². The largest absolute Gasteiger partial charge is 0.508 e. The predicted molar refractivity (Wildman–Crippen MR) is 112 cm³/mol. The third-order valence-corrected chi connectivity index (χ3v) is 2.69. The first-order chi connectivity index (χ1) is 12.0. The Bertz CT molecular complexity index is 669. The first-order valence-electron chi connectivity index (χ1n) is 6.88. The van der Waals surface area contributed by atoms with E-state index < -0.39 is 0 Å². The molecule has 0 aliphatic heterocycles. The first kappa shape index (κ1) is 30.1. The number of phenolic OH excluding ortho intramolecular Hbond substituents is 1. The molecule has 0 amide bonds. The van der Waals surface area contributed by atoms with Gasteiger partial charge in [0.05, 0.1) is 9.55 Å². The van der Waals surface area contributed by atoms with E-state index in [9.17, 15) is 17.4 Å². The second kappa shape index (κ2) is 16.6. The van der Waals surface area contributed by atoms with Crippen LogP contribution >= 0.6 is 9.55 Å². The second-order valence-corrected chi connectivity index (χ2v) is 4.49. The van der Waals surface area contributed by atoms with E-state index in [1.165, 1.54) is 72.8 Å². The van der Waals surface area contributed by atoms with Gasteiger partial charge in [0, 0.05) is 0 Å². The van der Waals surface area contributed by atoms with Gasteiger partial charge in [-0.1, -0.05) is 22.3 Å². The molecule has 0 aromatic heterocycles. The number of phenols is 1. The molecule has 0 spiro atoms. The van der Waals surface area contributed by atoms with Crippen molar-refractivity contribution < 1.29 is 27.2 Å². The van der Waals surface area contributed by atoms with E-state index in [0.29, 0.717) is 11.5 Å². The molecule has 0 aliphatic carbocycles. The summed E-state index contributed by atoms with van der Waals surface area (Å²) in [4.78, 5) is 0. The monoisotopic (exact) mass is 418 g/mol. The van der Waals surface area contributed by atoms with Crippen molar-refractivity contribution in [1.29, 1.82) is 0 Å². The summed E-state index contributed by atoms with van der Waals surface area (Å²) >= 11 is 0. The summed E-state index contributed by atoms with van der Waals surface area (Å²) in [7, 11) is 0.917. The molecule has 1 unspecified atom stereocenters. The van der Waals surface area contributed by atoms with Gasteiger partial charge in [-0.15, -0.1) is 0 Å². The summed E-state index contributed by atoms with van der Waals surface area (Å²) in [6, 6.07) is 16.3. The van der Waals surface area contributed by atoms with Crippen LogP contribution in [0.3, 0.4) is 0 Å². The molecule has 0 radical (unpaired) electrons. The molecule has 1 atom stereocenters.